The molecule has 0 spiro atoms. The normalized spacial score (nSPS) is 14.0. The van der Waals surface area contributed by atoms with Gasteiger partial charge in [-0.15, -0.1) is 0 Å². The quantitative estimate of drug-likeness (QED) is 0.133. The summed E-state index contributed by atoms with van der Waals surface area (Å²) in [6.07, 6.45) is -0.385. The van der Waals surface area contributed by atoms with Crippen LogP contribution in [0.4, 0.5) is 4.79 Å². The van der Waals surface area contributed by atoms with Crippen molar-refractivity contribution in [3.05, 3.63) is 166 Å². The maximum atomic E-state index is 14.1. The monoisotopic (exact) mass is 615 g/mol. The molecule has 1 N–H and O–H groups in total. The van der Waals surface area contributed by atoms with Crippen LogP contribution in [0, 0.1) is 6.92 Å². The molecule has 0 radical (unpaired) electrons. The van der Waals surface area contributed by atoms with Crippen LogP contribution in [0.1, 0.15) is 52.6 Å². The summed E-state index contributed by atoms with van der Waals surface area (Å²) in [5.74, 6) is -0.696. The van der Waals surface area contributed by atoms with Gasteiger partial charge in [0.25, 0.3) is 0 Å². The van der Waals surface area contributed by atoms with E-state index in [1.54, 1.807) is 6.07 Å². The summed E-state index contributed by atoms with van der Waals surface area (Å²) >= 11 is 6.82. The second-order valence-electron chi connectivity index (χ2n) is 11.2. The maximum Gasteiger partial charge on any atom is 0.407 e. The van der Waals surface area contributed by atoms with Gasteiger partial charge in [0.1, 0.15) is 12.6 Å². The van der Waals surface area contributed by atoms with Crippen LogP contribution >= 0.6 is 11.6 Å². The zero-order valence-corrected chi connectivity index (χ0v) is 26.0. The van der Waals surface area contributed by atoms with Crippen molar-refractivity contribution in [3.63, 3.8) is 0 Å². The van der Waals surface area contributed by atoms with Crippen molar-refractivity contribution in [1.82, 2.24) is 5.32 Å². The van der Waals surface area contributed by atoms with Gasteiger partial charge in [-0.25, -0.2) is 9.59 Å². The van der Waals surface area contributed by atoms with Crippen molar-refractivity contribution in [1.29, 1.82) is 0 Å². The molecular weight excluding hydrogens is 582 g/mol. The number of rotatable bonds is 9. The third-order valence-electron chi connectivity index (χ3n) is 8.47. The number of alkyl carbamates (subject to hydrolysis) is 1. The van der Waals surface area contributed by atoms with E-state index in [2.05, 4.69) is 29.6 Å². The van der Waals surface area contributed by atoms with E-state index in [0.29, 0.717) is 17.0 Å². The van der Waals surface area contributed by atoms with Gasteiger partial charge in [0.15, 0.2) is 5.60 Å². The predicted octanol–water partition coefficient (Wildman–Crippen LogP) is 8.80. The molecular formula is C39H34ClNO4. The molecule has 0 saturated carbocycles. The van der Waals surface area contributed by atoms with E-state index in [-0.39, 0.29) is 12.5 Å². The number of fused-ring (bicyclic) bond motifs is 3. The summed E-state index contributed by atoms with van der Waals surface area (Å²) in [6.45, 7) is 3.96. The van der Waals surface area contributed by atoms with Gasteiger partial charge < -0.3 is 14.8 Å². The number of esters is 1. The molecule has 226 valence electrons. The first-order valence-corrected chi connectivity index (χ1v) is 15.5. The average molecular weight is 616 g/mol. The van der Waals surface area contributed by atoms with Gasteiger partial charge in [0.2, 0.25) is 0 Å². The molecule has 0 aliphatic heterocycles. The van der Waals surface area contributed by atoms with Gasteiger partial charge in [-0.05, 0) is 41.7 Å². The number of benzene rings is 5. The molecule has 0 fully saturated rings. The van der Waals surface area contributed by atoms with Crippen LogP contribution in [0.5, 0.6) is 0 Å². The standard InChI is InChI=1S/C39H34ClNO4/c1-3-36(41-38(43)44-25-33-31-17-9-7-15-29(31)30-16-8-10-18-32(30)33)37(42)45-39(27-13-5-4-6-14-27,28-23-21-26(2)22-24-28)34-19-11-12-20-35(34)40/h4-24,33,36H,3,25H2,1-2H3,(H,41,43). The van der Waals surface area contributed by atoms with Crippen molar-refractivity contribution in [3.8, 4) is 11.1 Å². The number of carbonyl (C=O) groups is 2. The van der Waals surface area contributed by atoms with Crippen LogP contribution in [-0.4, -0.2) is 24.7 Å². The SMILES string of the molecule is CCC(NC(=O)OCC1c2ccccc2-c2ccccc21)C(=O)OC(c1ccccc1)(c1ccc(C)cc1)c1ccccc1Cl. The molecule has 0 heterocycles. The number of aryl methyl sites for hydroxylation is 1. The Bertz CT molecular complexity index is 1780. The lowest BCUT2D eigenvalue weighted by Crippen LogP contribution is -2.46. The zero-order chi connectivity index (χ0) is 31.4. The fourth-order valence-electron chi connectivity index (χ4n) is 6.19. The largest absolute Gasteiger partial charge is 0.449 e. The third kappa shape index (κ3) is 5.84. The Morgan fingerprint density at radius 3 is 1.93 bits per heavy atom. The van der Waals surface area contributed by atoms with E-state index in [0.717, 1.165) is 38.9 Å². The van der Waals surface area contributed by atoms with Crippen molar-refractivity contribution in [2.75, 3.05) is 6.61 Å². The molecule has 2 atom stereocenters. The van der Waals surface area contributed by atoms with Crippen molar-refractivity contribution < 1.29 is 19.1 Å². The summed E-state index contributed by atoms with van der Waals surface area (Å²) in [5.41, 5.74) is 6.28. The van der Waals surface area contributed by atoms with E-state index < -0.39 is 23.7 Å². The van der Waals surface area contributed by atoms with Gasteiger partial charge in [-0.3, -0.25) is 0 Å². The molecule has 6 heteroatoms. The number of nitrogens with one attached hydrogen (secondary N) is 1. The molecule has 0 aromatic heterocycles. The van der Waals surface area contributed by atoms with Crippen LogP contribution < -0.4 is 5.32 Å². The van der Waals surface area contributed by atoms with Crippen LogP contribution in [-0.2, 0) is 19.9 Å². The Morgan fingerprint density at radius 2 is 1.31 bits per heavy atom. The molecule has 45 heavy (non-hydrogen) atoms. The molecule has 6 rings (SSSR count). The van der Waals surface area contributed by atoms with E-state index in [4.69, 9.17) is 21.1 Å². The second-order valence-corrected chi connectivity index (χ2v) is 11.7. The van der Waals surface area contributed by atoms with Crippen molar-refractivity contribution >= 4 is 23.7 Å². The summed E-state index contributed by atoms with van der Waals surface area (Å²) in [7, 11) is 0. The highest BCUT2D eigenvalue weighted by Gasteiger charge is 2.43. The Balaban J connectivity index is 1.27. The summed E-state index contributed by atoms with van der Waals surface area (Å²) in [6, 6.07) is 40.1. The first-order chi connectivity index (χ1) is 21.9. The molecule has 0 bridgehead atoms. The lowest BCUT2D eigenvalue weighted by atomic mass is 9.79. The Labute approximate surface area is 268 Å². The van der Waals surface area contributed by atoms with Crippen LogP contribution in [0.15, 0.2) is 127 Å². The molecule has 1 aliphatic carbocycles. The molecule has 5 nitrogen and oxygen atoms in total. The number of carbonyl (C=O) groups excluding carboxylic acids is 2. The minimum atomic E-state index is -1.37. The fourth-order valence-corrected chi connectivity index (χ4v) is 6.46. The Hall–Kier alpha value is -4.87. The Kier molecular flexibility index (Phi) is 8.72. The molecule has 2 unspecified atom stereocenters. The van der Waals surface area contributed by atoms with Gasteiger partial charge >= 0.3 is 12.1 Å². The summed E-state index contributed by atoms with van der Waals surface area (Å²) < 4.78 is 12.3. The van der Waals surface area contributed by atoms with Crippen LogP contribution in [0.3, 0.4) is 0 Å². The highest BCUT2D eigenvalue weighted by atomic mass is 35.5. The topological polar surface area (TPSA) is 64.6 Å². The second kappa shape index (κ2) is 13.0. The minimum absolute atomic E-state index is 0.0948. The predicted molar refractivity (Wildman–Crippen MR) is 177 cm³/mol. The molecule has 1 aliphatic rings. The van der Waals surface area contributed by atoms with Crippen molar-refractivity contribution in [2.45, 2.75) is 37.8 Å². The third-order valence-corrected chi connectivity index (χ3v) is 8.80. The number of halogens is 1. The lowest BCUT2D eigenvalue weighted by Gasteiger charge is -2.37. The van der Waals surface area contributed by atoms with E-state index in [1.165, 1.54) is 0 Å². The van der Waals surface area contributed by atoms with Crippen molar-refractivity contribution in [2.24, 2.45) is 0 Å². The minimum Gasteiger partial charge on any atom is -0.449 e. The first kappa shape index (κ1) is 30.2. The zero-order valence-electron chi connectivity index (χ0n) is 25.2. The average Bonchev–Trinajstić information content (AvgIpc) is 3.39. The van der Waals surface area contributed by atoms with E-state index in [1.807, 2.05) is 111 Å². The summed E-state index contributed by atoms with van der Waals surface area (Å²) in [4.78, 5) is 27.3. The number of hydrogen-bond donors (Lipinski definition) is 1. The van der Waals surface area contributed by atoms with Crippen LogP contribution in [0.25, 0.3) is 11.1 Å². The first-order valence-electron chi connectivity index (χ1n) is 15.1. The van der Waals surface area contributed by atoms with Gasteiger partial charge in [-0.1, -0.05) is 145 Å². The number of ether oxygens (including phenoxy) is 2. The molecule has 5 aromatic rings. The van der Waals surface area contributed by atoms with Gasteiger partial charge in [0, 0.05) is 27.6 Å². The van der Waals surface area contributed by atoms with Crippen LogP contribution in [0.2, 0.25) is 5.02 Å². The maximum absolute atomic E-state index is 14.1. The van der Waals surface area contributed by atoms with E-state index in [9.17, 15) is 9.59 Å². The highest BCUT2D eigenvalue weighted by molar-refractivity contribution is 6.31. The smallest absolute Gasteiger partial charge is 0.407 e. The molecule has 5 aromatic carbocycles. The van der Waals surface area contributed by atoms with E-state index >= 15 is 0 Å². The number of hydrogen-bond acceptors (Lipinski definition) is 4. The number of amides is 1. The fraction of sp³-hybridized carbons (Fsp3) is 0.179. The summed E-state index contributed by atoms with van der Waals surface area (Å²) in [5, 5.41) is 3.22. The Morgan fingerprint density at radius 1 is 0.756 bits per heavy atom. The highest BCUT2D eigenvalue weighted by Crippen LogP contribution is 2.45. The lowest BCUT2D eigenvalue weighted by molar-refractivity contribution is -0.156. The van der Waals surface area contributed by atoms with Gasteiger partial charge in [-0.2, -0.15) is 0 Å². The molecule has 0 saturated heterocycles. The molecule has 1 amide bonds. The van der Waals surface area contributed by atoms with Gasteiger partial charge in [0.05, 0.1) is 0 Å².